The van der Waals surface area contributed by atoms with Crippen molar-refractivity contribution in [1.29, 1.82) is 0 Å². The summed E-state index contributed by atoms with van der Waals surface area (Å²) >= 11 is 1.26. The van der Waals surface area contributed by atoms with Gasteiger partial charge in [-0.15, -0.1) is 10.2 Å². The Kier molecular flexibility index (Phi) is 6.18. The van der Waals surface area contributed by atoms with E-state index in [0.717, 1.165) is 5.56 Å². The van der Waals surface area contributed by atoms with Gasteiger partial charge >= 0.3 is 6.03 Å². The van der Waals surface area contributed by atoms with Crippen molar-refractivity contribution in [3.05, 3.63) is 54.6 Å². The quantitative estimate of drug-likeness (QED) is 0.591. The average molecular weight is 397 g/mol. The van der Waals surface area contributed by atoms with Crippen LogP contribution in [0.3, 0.4) is 0 Å². The summed E-state index contributed by atoms with van der Waals surface area (Å²) in [5.74, 6) is 0.128. The summed E-state index contributed by atoms with van der Waals surface area (Å²) in [4.78, 5) is 24.5. The van der Waals surface area contributed by atoms with E-state index in [4.69, 9.17) is 4.74 Å². The number of methoxy groups -OCH3 is 1. The van der Waals surface area contributed by atoms with Gasteiger partial charge in [-0.2, -0.15) is 0 Å². The van der Waals surface area contributed by atoms with Gasteiger partial charge in [0.2, 0.25) is 11.0 Å². The van der Waals surface area contributed by atoms with Gasteiger partial charge in [0.05, 0.1) is 12.8 Å². The molecule has 9 heteroatoms. The number of nitrogens with one attached hydrogen (secondary N) is 3. The Morgan fingerprint density at radius 1 is 1.00 bits per heavy atom. The van der Waals surface area contributed by atoms with E-state index in [9.17, 15) is 9.59 Å². The molecular formula is C19H19N5O3S. The summed E-state index contributed by atoms with van der Waals surface area (Å²) in [7, 11) is 1.51. The lowest BCUT2D eigenvalue weighted by Crippen LogP contribution is -2.43. The molecule has 1 heterocycles. The smallest absolute Gasteiger partial charge is 0.319 e. The van der Waals surface area contributed by atoms with Crippen molar-refractivity contribution in [3.8, 4) is 16.3 Å². The minimum atomic E-state index is -0.779. The molecule has 28 heavy (non-hydrogen) atoms. The molecule has 3 N–H and O–H groups in total. The van der Waals surface area contributed by atoms with Gasteiger partial charge in [0.1, 0.15) is 16.8 Å². The normalized spacial score (nSPS) is 11.4. The lowest BCUT2D eigenvalue weighted by Gasteiger charge is -2.15. The number of para-hydroxylation sites is 2. The first-order valence-electron chi connectivity index (χ1n) is 8.47. The van der Waals surface area contributed by atoms with E-state index in [0.29, 0.717) is 21.6 Å². The van der Waals surface area contributed by atoms with E-state index in [2.05, 4.69) is 26.1 Å². The van der Waals surface area contributed by atoms with Crippen LogP contribution in [0.4, 0.5) is 15.6 Å². The van der Waals surface area contributed by atoms with Crippen LogP contribution in [-0.4, -0.2) is 35.3 Å². The number of amides is 3. The maximum absolute atomic E-state index is 12.3. The fraction of sp³-hybridized carbons (Fsp3) is 0.158. The van der Waals surface area contributed by atoms with Crippen molar-refractivity contribution < 1.29 is 14.3 Å². The fourth-order valence-corrected chi connectivity index (χ4v) is 3.11. The molecule has 1 unspecified atom stereocenters. The molecule has 0 saturated carbocycles. The molecule has 0 radical (unpaired) electrons. The Morgan fingerprint density at radius 3 is 2.46 bits per heavy atom. The number of hydrogen-bond donors (Lipinski definition) is 3. The highest BCUT2D eigenvalue weighted by molar-refractivity contribution is 7.18. The highest BCUT2D eigenvalue weighted by Gasteiger charge is 2.18. The molecule has 0 spiro atoms. The van der Waals surface area contributed by atoms with Crippen molar-refractivity contribution >= 4 is 34.1 Å². The highest BCUT2D eigenvalue weighted by atomic mass is 32.1. The third-order valence-corrected chi connectivity index (χ3v) is 4.66. The number of carbonyl (C=O) groups excluding carboxylic acids is 2. The van der Waals surface area contributed by atoms with Gasteiger partial charge in [0.15, 0.2) is 0 Å². The van der Waals surface area contributed by atoms with Crippen LogP contribution in [0, 0.1) is 0 Å². The second-order valence-electron chi connectivity index (χ2n) is 5.79. The molecule has 0 fully saturated rings. The molecule has 0 saturated heterocycles. The number of carbonyl (C=O) groups is 2. The van der Waals surface area contributed by atoms with Gasteiger partial charge in [-0.1, -0.05) is 53.8 Å². The zero-order valence-electron chi connectivity index (χ0n) is 15.3. The minimum Gasteiger partial charge on any atom is -0.495 e. The number of rotatable bonds is 6. The van der Waals surface area contributed by atoms with E-state index in [1.165, 1.54) is 18.4 Å². The molecule has 0 aliphatic heterocycles. The molecule has 3 aromatic rings. The van der Waals surface area contributed by atoms with Gasteiger partial charge in [0, 0.05) is 5.56 Å². The zero-order chi connectivity index (χ0) is 19.9. The van der Waals surface area contributed by atoms with Crippen molar-refractivity contribution in [1.82, 2.24) is 15.5 Å². The average Bonchev–Trinajstić information content (AvgIpc) is 3.17. The number of nitrogens with zero attached hydrogens (tertiary/aromatic N) is 2. The Bertz CT molecular complexity index is 961. The predicted octanol–water partition coefficient (Wildman–Crippen LogP) is 3.36. The third kappa shape index (κ3) is 4.83. The van der Waals surface area contributed by atoms with Crippen LogP contribution in [-0.2, 0) is 4.79 Å². The maximum Gasteiger partial charge on any atom is 0.319 e. The fourth-order valence-electron chi connectivity index (χ4n) is 2.35. The molecule has 0 bridgehead atoms. The molecule has 3 amide bonds. The van der Waals surface area contributed by atoms with Crippen molar-refractivity contribution in [2.75, 3.05) is 17.7 Å². The lowest BCUT2D eigenvalue weighted by atomic mass is 10.2. The van der Waals surface area contributed by atoms with Crippen LogP contribution in [0.25, 0.3) is 10.6 Å². The van der Waals surface area contributed by atoms with Gasteiger partial charge in [0.25, 0.3) is 0 Å². The lowest BCUT2D eigenvalue weighted by molar-refractivity contribution is -0.117. The summed E-state index contributed by atoms with van der Waals surface area (Å²) in [5.41, 5.74) is 1.43. The zero-order valence-corrected chi connectivity index (χ0v) is 16.1. The molecule has 0 aliphatic carbocycles. The number of ether oxygens (including phenoxy) is 1. The molecule has 1 atom stereocenters. The third-order valence-electron chi connectivity index (χ3n) is 3.77. The second kappa shape index (κ2) is 8.96. The van der Waals surface area contributed by atoms with Crippen molar-refractivity contribution in [2.24, 2.45) is 0 Å². The van der Waals surface area contributed by atoms with Crippen molar-refractivity contribution in [3.63, 3.8) is 0 Å². The minimum absolute atomic E-state index is 0.364. The van der Waals surface area contributed by atoms with Gasteiger partial charge in [-0.25, -0.2) is 4.79 Å². The standard InChI is InChI=1S/C19H19N5O3S/c1-12(20-18(26)21-14-10-6-7-11-15(14)27-2)16(25)22-19-24-23-17(28-19)13-8-4-3-5-9-13/h3-12H,1-2H3,(H2,20,21,26)(H,22,24,25). The van der Waals surface area contributed by atoms with Crippen LogP contribution in [0.15, 0.2) is 54.6 Å². The van der Waals surface area contributed by atoms with Gasteiger partial charge < -0.3 is 15.4 Å². The largest absolute Gasteiger partial charge is 0.495 e. The highest BCUT2D eigenvalue weighted by Crippen LogP contribution is 2.26. The van der Waals surface area contributed by atoms with Crippen LogP contribution in [0.2, 0.25) is 0 Å². The number of benzene rings is 2. The molecule has 0 aliphatic rings. The SMILES string of the molecule is COc1ccccc1NC(=O)NC(C)C(=O)Nc1nnc(-c2ccccc2)s1. The molecule has 144 valence electrons. The van der Waals surface area contributed by atoms with Crippen LogP contribution in [0.5, 0.6) is 5.75 Å². The second-order valence-corrected chi connectivity index (χ2v) is 6.77. The summed E-state index contributed by atoms with van der Waals surface area (Å²) in [5, 5.41) is 17.0. The topological polar surface area (TPSA) is 105 Å². The molecular weight excluding hydrogens is 378 g/mol. The number of urea groups is 1. The first kappa shape index (κ1) is 19.3. The van der Waals surface area contributed by atoms with Gasteiger partial charge in [-0.05, 0) is 19.1 Å². The van der Waals surface area contributed by atoms with E-state index < -0.39 is 18.0 Å². The Morgan fingerprint density at radius 2 is 1.71 bits per heavy atom. The van der Waals surface area contributed by atoms with E-state index in [1.807, 2.05) is 30.3 Å². The van der Waals surface area contributed by atoms with E-state index >= 15 is 0 Å². The Hall–Kier alpha value is -3.46. The Balaban J connectivity index is 1.56. The van der Waals surface area contributed by atoms with Crippen LogP contribution >= 0.6 is 11.3 Å². The Labute approximate surface area is 166 Å². The van der Waals surface area contributed by atoms with Crippen LogP contribution < -0.4 is 20.7 Å². The molecule has 8 nitrogen and oxygen atoms in total. The number of hydrogen-bond acceptors (Lipinski definition) is 6. The first-order valence-corrected chi connectivity index (χ1v) is 9.29. The van der Waals surface area contributed by atoms with E-state index in [1.54, 1.807) is 31.2 Å². The van der Waals surface area contributed by atoms with Crippen molar-refractivity contribution in [2.45, 2.75) is 13.0 Å². The molecule has 1 aromatic heterocycles. The molecule has 2 aromatic carbocycles. The van der Waals surface area contributed by atoms with E-state index in [-0.39, 0.29) is 0 Å². The summed E-state index contributed by atoms with van der Waals surface area (Å²) in [6, 6.07) is 15.3. The summed E-state index contributed by atoms with van der Waals surface area (Å²) < 4.78 is 5.18. The monoisotopic (exact) mass is 397 g/mol. The number of aromatic nitrogens is 2. The summed E-state index contributed by atoms with van der Waals surface area (Å²) in [6.45, 7) is 1.58. The maximum atomic E-state index is 12.3. The van der Waals surface area contributed by atoms with Crippen LogP contribution in [0.1, 0.15) is 6.92 Å². The molecule has 3 rings (SSSR count). The van der Waals surface area contributed by atoms with Gasteiger partial charge in [-0.3, -0.25) is 10.1 Å². The number of anilines is 2. The predicted molar refractivity (Wildman–Crippen MR) is 109 cm³/mol. The summed E-state index contributed by atoms with van der Waals surface area (Å²) in [6.07, 6.45) is 0. The first-order chi connectivity index (χ1) is 13.6.